The SMILES string of the molecule is COc1ccc2c(CCc3nc(-c4nccs4)cn3C)nc(C)nc2c1. The lowest BCUT2D eigenvalue weighted by molar-refractivity contribution is 0.415. The maximum Gasteiger partial charge on any atom is 0.143 e. The van der Waals surface area contributed by atoms with Crippen LogP contribution >= 0.6 is 11.3 Å². The normalized spacial score (nSPS) is 11.2. The van der Waals surface area contributed by atoms with Crippen LogP contribution < -0.4 is 4.74 Å². The van der Waals surface area contributed by atoms with Crippen molar-refractivity contribution in [2.45, 2.75) is 19.8 Å². The molecule has 3 aromatic heterocycles. The maximum atomic E-state index is 5.31. The Morgan fingerprint density at radius 1 is 1.15 bits per heavy atom. The lowest BCUT2D eigenvalue weighted by Crippen LogP contribution is -2.04. The van der Waals surface area contributed by atoms with Crippen molar-refractivity contribution in [2.75, 3.05) is 7.11 Å². The highest BCUT2D eigenvalue weighted by Gasteiger charge is 2.12. The van der Waals surface area contributed by atoms with Crippen molar-refractivity contribution in [3.63, 3.8) is 0 Å². The number of fused-ring (bicyclic) bond motifs is 1. The van der Waals surface area contributed by atoms with Crippen LogP contribution in [0.4, 0.5) is 0 Å². The second kappa shape index (κ2) is 6.84. The average Bonchev–Trinajstić information content (AvgIpc) is 3.28. The predicted octanol–water partition coefficient (Wildman–Crippen LogP) is 3.59. The summed E-state index contributed by atoms with van der Waals surface area (Å²) in [5.74, 6) is 2.59. The Bertz CT molecular complexity index is 1060. The molecular weight excluding hydrogens is 346 g/mol. The van der Waals surface area contributed by atoms with Gasteiger partial charge >= 0.3 is 0 Å². The van der Waals surface area contributed by atoms with Crippen molar-refractivity contribution in [3.8, 4) is 16.5 Å². The molecule has 0 spiro atoms. The predicted molar refractivity (Wildman–Crippen MR) is 103 cm³/mol. The molecule has 0 saturated carbocycles. The Kier molecular flexibility index (Phi) is 4.38. The minimum Gasteiger partial charge on any atom is -0.497 e. The molecule has 3 heterocycles. The van der Waals surface area contributed by atoms with Crippen molar-refractivity contribution < 1.29 is 4.74 Å². The van der Waals surface area contributed by atoms with Gasteiger partial charge in [-0.05, 0) is 25.5 Å². The summed E-state index contributed by atoms with van der Waals surface area (Å²) < 4.78 is 7.37. The lowest BCUT2D eigenvalue weighted by Gasteiger charge is -2.08. The number of hydrogen-bond acceptors (Lipinski definition) is 6. The highest BCUT2D eigenvalue weighted by atomic mass is 32.1. The van der Waals surface area contributed by atoms with E-state index in [1.165, 1.54) is 0 Å². The quantitative estimate of drug-likeness (QED) is 0.541. The van der Waals surface area contributed by atoms with E-state index in [0.29, 0.717) is 0 Å². The number of benzene rings is 1. The number of nitrogens with zero attached hydrogens (tertiary/aromatic N) is 5. The van der Waals surface area contributed by atoms with Gasteiger partial charge in [-0.1, -0.05) is 0 Å². The molecule has 0 aliphatic heterocycles. The molecule has 4 rings (SSSR count). The lowest BCUT2D eigenvalue weighted by atomic mass is 10.1. The van der Waals surface area contributed by atoms with Gasteiger partial charge in [0.1, 0.15) is 28.1 Å². The van der Waals surface area contributed by atoms with E-state index in [1.54, 1.807) is 24.6 Å². The van der Waals surface area contributed by atoms with Crippen LogP contribution in [0.25, 0.3) is 21.6 Å². The Labute approximate surface area is 155 Å². The smallest absolute Gasteiger partial charge is 0.143 e. The van der Waals surface area contributed by atoms with Crippen molar-refractivity contribution in [2.24, 2.45) is 7.05 Å². The minimum atomic E-state index is 0.768. The number of ether oxygens (including phenoxy) is 1. The zero-order valence-electron chi connectivity index (χ0n) is 14.9. The fourth-order valence-corrected chi connectivity index (χ4v) is 3.63. The summed E-state index contributed by atoms with van der Waals surface area (Å²) >= 11 is 1.60. The topological polar surface area (TPSA) is 65.7 Å². The highest BCUT2D eigenvalue weighted by molar-refractivity contribution is 7.13. The van der Waals surface area contributed by atoms with E-state index in [2.05, 4.69) is 19.5 Å². The van der Waals surface area contributed by atoms with Crippen molar-refractivity contribution in [3.05, 3.63) is 53.3 Å². The van der Waals surface area contributed by atoms with Crippen LogP contribution in [0.1, 0.15) is 17.3 Å². The van der Waals surface area contributed by atoms with Crippen LogP contribution in [-0.2, 0) is 19.9 Å². The summed E-state index contributed by atoms with van der Waals surface area (Å²) in [7, 11) is 3.69. The van der Waals surface area contributed by atoms with Crippen LogP contribution in [0.3, 0.4) is 0 Å². The summed E-state index contributed by atoms with van der Waals surface area (Å²) in [6.45, 7) is 1.92. The monoisotopic (exact) mass is 365 g/mol. The third-order valence-electron chi connectivity index (χ3n) is 4.30. The maximum absolute atomic E-state index is 5.31. The van der Waals surface area contributed by atoms with E-state index in [0.717, 1.165) is 57.5 Å². The molecule has 6 nitrogen and oxygen atoms in total. The van der Waals surface area contributed by atoms with Crippen LogP contribution in [0.5, 0.6) is 5.75 Å². The number of methoxy groups -OCH3 is 1. The fourth-order valence-electron chi connectivity index (χ4n) is 3.04. The summed E-state index contributed by atoms with van der Waals surface area (Å²) in [4.78, 5) is 18.3. The van der Waals surface area contributed by atoms with Gasteiger partial charge in [-0.15, -0.1) is 11.3 Å². The standard InChI is InChI=1S/C19H19N5OS/c1-12-21-15(14-5-4-13(25-3)10-16(14)22-12)6-7-18-23-17(11-24(18)2)19-20-8-9-26-19/h4-5,8-11H,6-7H2,1-3H3. The fraction of sp³-hybridized carbons (Fsp3) is 0.263. The van der Waals surface area contributed by atoms with E-state index in [-0.39, 0.29) is 0 Å². The molecule has 0 atom stereocenters. The minimum absolute atomic E-state index is 0.768. The second-order valence-corrected chi connectivity index (χ2v) is 6.99. The van der Waals surface area contributed by atoms with Gasteiger partial charge in [-0.2, -0.15) is 0 Å². The molecule has 0 aliphatic rings. The first kappa shape index (κ1) is 16.7. The molecule has 0 aliphatic carbocycles. The number of hydrogen-bond donors (Lipinski definition) is 0. The average molecular weight is 365 g/mol. The highest BCUT2D eigenvalue weighted by Crippen LogP contribution is 2.24. The Morgan fingerprint density at radius 2 is 2.04 bits per heavy atom. The summed E-state index contributed by atoms with van der Waals surface area (Å²) in [5.41, 5.74) is 2.87. The van der Waals surface area contributed by atoms with Crippen LogP contribution in [0.2, 0.25) is 0 Å². The summed E-state index contributed by atoms with van der Waals surface area (Å²) in [6.07, 6.45) is 5.44. The zero-order valence-corrected chi connectivity index (χ0v) is 15.7. The first-order chi connectivity index (χ1) is 12.6. The molecule has 0 radical (unpaired) electrons. The number of aromatic nitrogens is 5. The van der Waals surface area contributed by atoms with Gasteiger partial charge in [0.05, 0.1) is 18.3 Å². The third-order valence-corrected chi connectivity index (χ3v) is 5.10. The van der Waals surface area contributed by atoms with Crippen molar-refractivity contribution in [1.29, 1.82) is 0 Å². The number of imidazole rings is 1. The third kappa shape index (κ3) is 3.17. The molecule has 0 saturated heterocycles. The van der Waals surface area contributed by atoms with E-state index in [4.69, 9.17) is 9.72 Å². The molecule has 1 aromatic carbocycles. The number of aryl methyl sites for hydroxylation is 4. The number of rotatable bonds is 5. The molecule has 0 bridgehead atoms. The molecule has 26 heavy (non-hydrogen) atoms. The van der Waals surface area contributed by atoms with Gasteiger partial charge < -0.3 is 9.30 Å². The van der Waals surface area contributed by atoms with Gasteiger partial charge in [0.15, 0.2) is 0 Å². The molecule has 0 N–H and O–H groups in total. The first-order valence-corrected chi connectivity index (χ1v) is 9.25. The molecular formula is C19H19N5OS. The van der Waals surface area contributed by atoms with Gasteiger partial charge in [-0.3, -0.25) is 0 Å². The summed E-state index contributed by atoms with van der Waals surface area (Å²) in [5, 5.41) is 3.97. The Balaban J connectivity index is 1.62. The van der Waals surface area contributed by atoms with Crippen LogP contribution in [0, 0.1) is 6.92 Å². The molecule has 7 heteroatoms. The first-order valence-electron chi connectivity index (χ1n) is 8.37. The van der Waals surface area contributed by atoms with E-state index in [9.17, 15) is 0 Å². The van der Waals surface area contributed by atoms with Crippen LogP contribution in [0.15, 0.2) is 36.0 Å². The Hall–Kier alpha value is -2.80. The summed E-state index contributed by atoms with van der Waals surface area (Å²) in [6, 6.07) is 5.93. The van der Waals surface area contributed by atoms with Gasteiger partial charge in [0.25, 0.3) is 0 Å². The molecule has 4 aromatic rings. The number of thiazole rings is 1. The van der Waals surface area contributed by atoms with E-state index in [1.807, 2.05) is 43.7 Å². The van der Waals surface area contributed by atoms with Crippen LogP contribution in [-0.4, -0.2) is 31.6 Å². The molecule has 0 amide bonds. The Morgan fingerprint density at radius 3 is 2.81 bits per heavy atom. The van der Waals surface area contributed by atoms with Crippen molar-refractivity contribution >= 4 is 22.2 Å². The van der Waals surface area contributed by atoms with E-state index < -0.39 is 0 Å². The molecule has 0 unspecified atom stereocenters. The molecule has 132 valence electrons. The largest absolute Gasteiger partial charge is 0.497 e. The second-order valence-electron chi connectivity index (χ2n) is 6.09. The van der Waals surface area contributed by atoms with Crippen molar-refractivity contribution in [1.82, 2.24) is 24.5 Å². The van der Waals surface area contributed by atoms with Gasteiger partial charge in [0, 0.05) is 42.7 Å². The van der Waals surface area contributed by atoms with E-state index >= 15 is 0 Å². The van der Waals surface area contributed by atoms with Gasteiger partial charge in [-0.25, -0.2) is 19.9 Å². The molecule has 0 fully saturated rings. The van der Waals surface area contributed by atoms with Gasteiger partial charge in [0.2, 0.25) is 0 Å². The zero-order chi connectivity index (χ0) is 18.1.